The molecule has 18 heavy (non-hydrogen) atoms. The second kappa shape index (κ2) is 8.39. The van der Waals surface area contributed by atoms with Gasteiger partial charge in [-0.05, 0) is 13.8 Å². The van der Waals surface area contributed by atoms with Gasteiger partial charge in [-0.15, -0.1) is 23.2 Å². The number of aliphatic carboxylic acids is 1. The van der Waals surface area contributed by atoms with Gasteiger partial charge in [-0.25, -0.2) is 4.79 Å². The number of halogens is 2. The Balaban J connectivity index is 4.32. The van der Waals surface area contributed by atoms with E-state index in [2.05, 4.69) is 0 Å². The molecule has 0 aliphatic rings. The highest BCUT2D eigenvalue weighted by Crippen LogP contribution is 2.06. The van der Waals surface area contributed by atoms with E-state index in [1.165, 1.54) is 4.90 Å². The van der Waals surface area contributed by atoms with Crippen LogP contribution in [0.4, 0.5) is 4.79 Å². The Kier molecular flexibility index (Phi) is 8.06. The monoisotopic (exact) mass is 300 g/mol. The molecule has 0 spiro atoms. The number of alkyl halides is 2. The van der Waals surface area contributed by atoms with Crippen LogP contribution < -0.4 is 5.73 Å². The van der Waals surface area contributed by atoms with Crippen molar-refractivity contribution >= 4 is 35.3 Å². The lowest BCUT2D eigenvalue weighted by Crippen LogP contribution is -2.42. The number of hydrogen-bond donors (Lipinski definition) is 2. The minimum atomic E-state index is -1.24. The third kappa shape index (κ3) is 7.58. The molecule has 0 aromatic heterocycles. The smallest absolute Gasteiger partial charge is 0.409 e. The van der Waals surface area contributed by atoms with E-state index in [9.17, 15) is 9.59 Å². The molecule has 1 amide bonds. The lowest BCUT2D eigenvalue weighted by atomic mass is 10.3. The van der Waals surface area contributed by atoms with Gasteiger partial charge in [0.15, 0.2) is 0 Å². The Morgan fingerprint density at radius 3 is 2.06 bits per heavy atom. The molecule has 8 heteroatoms. The van der Waals surface area contributed by atoms with Crippen LogP contribution in [0.25, 0.3) is 0 Å². The fourth-order valence-corrected chi connectivity index (χ4v) is 1.49. The summed E-state index contributed by atoms with van der Waals surface area (Å²) in [5, 5.41) is 8.03. The molecule has 6 nitrogen and oxygen atoms in total. The first-order valence-corrected chi connectivity index (χ1v) is 6.29. The first-order valence-electron chi connectivity index (χ1n) is 5.42. The minimum absolute atomic E-state index is 0.263. The zero-order chi connectivity index (χ0) is 14.3. The molecule has 0 heterocycles. The van der Waals surface area contributed by atoms with Crippen LogP contribution in [0.1, 0.15) is 13.8 Å². The molecule has 0 fully saturated rings. The van der Waals surface area contributed by atoms with E-state index in [4.69, 9.17) is 38.8 Å². The van der Waals surface area contributed by atoms with Crippen molar-refractivity contribution in [2.45, 2.75) is 30.6 Å². The van der Waals surface area contributed by atoms with Gasteiger partial charge in [0.05, 0.1) is 0 Å². The van der Waals surface area contributed by atoms with E-state index in [1.807, 2.05) is 0 Å². The van der Waals surface area contributed by atoms with Crippen molar-refractivity contribution in [2.24, 2.45) is 5.73 Å². The fourth-order valence-electron chi connectivity index (χ4n) is 1.15. The third-order valence-corrected chi connectivity index (χ3v) is 2.18. The summed E-state index contributed by atoms with van der Waals surface area (Å²) in [7, 11) is 0. The van der Waals surface area contributed by atoms with Crippen molar-refractivity contribution < 1.29 is 19.4 Å². The second-order valence-corrected chi connectivity index (χ2v) is 5.48. The van der Waals surface area contributed by atoms with Crippen LogP contribution in [0.15, 0.2) is 0 Å². The standard InChI is InChI=1S/C10H18Cl2N2O4/c1-6(11)3-14(4-7(2)12)10(17)18-5-8(13)9(15)16/h6-8H,3-5,13H2,1-2H3,(H,15,16)/t6-,7+,8-/m0/s1. The normalized spacial score (nSPS) is 15.6. The average molecular weight is 301 g/mol. The van der Waals surface area contributed by atoms with E-state index in [0.717, 1.165) is 0 Å². The van der Waals surface area contributed by atoms with Crippen LogP contribution >= 0.6 is 23.2 Å². The SMILES string of the molecule is C[C@H](Cl)CN(C[C@@H](C)Cl)C(=O)OC[C@H](N)C(=O)O. The number of carboxylic acids is 1. The summed E-state index contributed by atoms with van der Waals surface area (Å²) in [5.41, 5.74) is 5.22. The Bertz CT molecular complexity index is 277. The molecule has 0 aromatic rings. The maximum atomic E-state index is 11.7. The lowest BCUT2D eigenvalue weighted by molar-refractivity contribution is -0.139. The molecule has 3 N–H and O–H groups in total. The number of carbonyl (C=O) groups excluding carboxylic acids is 1. The fraction of sp³-hybridized carbons (Fsp3) is 0.800. The van der Waals surface area contributed by atoms with Crippen molar-refractivity contribution in [3.63, 3.8) is 0 Å². The minimum Gasteiger partial charge on any atom is -0.480 e. The molecule has 0 radical (unpaired) electrons. The van der Waals surface area contributed by atoms with Gasteiger partial charge in [0.1, 0.15) is 12.6 Å². The molecule has 0 aliphatic heterocycles. The number of hydrogen-bond acceptors (Lipinski definition) is 4. The van der Waals surface area contributed by atoms with Crippen LogP contribution in [0.5, 0.6) is 0 Å². The first-order chi connectivity index (χ1) is 8.23. The topological polar surface area (TPSA) is 92.9 Å². The summed E-state index contributed by atoms with van der Waals surface area (Å²) in [5.74, 6) is -1.23. The van der Waals surface area contributed by atoms with Crippen LogP contribution in [0, 0.1) is 0 Å². The summed E-state index contributed by atoms with van der Waals surface area (Å²) in [4.78, 5) is 23.5. The van der Waals surface area contributed by atoms with Crippen LogP contribution in [0.2, 0.25) is 0 Å². The summed E-state index contributed by atoms with van der Waals surface area (Å²) in [6.07, 6.45) is -0.674. The molecule has 3 atom stereocenters. The molecule has 106 valence electrons. The lowest BCUT2D eigenvalue weighted by Gasteiger charge is -2.24. The van der Waals surface area contributed by atoms with Gasteiger partial charge in [0.25, 0.3) is 0 Å². The number of rotatable bonds is 7. The maximum Gasteiger partial charge on any atom is 0.409 e. The van der Waals surface area contributed by atoms with E-state index in [-0.39, 0.29) is 23.8 Å². The second-order valence-electron chi connectivity index (χ2n) is 3.99. The maximum absolute atomic E-state index is 11.7. The average Bonchev–Trinajstić information content (AvgIpc) is 2.22. The number of nitrogens with zero attached hydrogens (tertiary/aromatic N) is 1. The molecule has 0 unspecified atom stereocenters. The van der Waals surface area contributed by atoms with Gasteiger partial charge < -0.3 is 20.5 Å². The van der Waals surface area contributed by atoms with Crippen LogP contribution in [-0.2, 0) is 9.53 Å². The highest BCUT2D eigenvalue weighted by Gasteiger charge is 2.21. The summed E-state index contributed by atoms with van der Waals surface area (Å²) < 4.78 is 4.79. The van der Waals surface area contributed by atoms with Crippen molar-refractivity contribution in [2.75, 3.05) is 19.7 Å². The van der Waals surface area contributed by atoms with Gasteiger partial charge in [-0.3, -0.25) is 4.79 Å². The Morgan fingerprint density at radius 1 is 1.28 bits per heavy atom. The number of amides is 1. The number of carboxylic acid groups (broad SMARTS) is 1. The van der Waals surface area contributed by atoms with Gasteiger partial charge in [0, 0.05) is 23.8 Å². The highest BCUT2D eigenvalue weighted by atomic mass is 35.5. The third-order valence-electron chi connectivity index (χ3n) is 1.91. The summed E-state index contributed by atoms with van der Waals surface area (Å²) >= 11 is 11.6. The van der Waals surface area contributed by atoms with Crippen LogP contribution in [0.3, 0.4) is 0 Å². The van der Waals surface area contributed by atoms with Crippen molar-refractivity contribution in [3.05, 3.63) is 0 Å². The summed E-state index contributed by atoms with van der Waals surface area (Å²) in [6.45, 7) is 3.59. The molecule has 0 bridgehead atoms. The molecule has 0 saturated carbocycles. The van der Waals surface area contributed by atoms with Crippen LogP contribution in [-0.4, -0.2) is 58.6 Å². The molecular formula is C10H18Cl2N2O4. The molecule has 0 aliphatic carbocycles. The Labute approximate surface area is 116 Å². The van der Waals surface area contributed by atoms with Gasteiger partial charge in [0.2, 0.25) is 0 Å². The van der Waals surface area contributed by atoms with Crippen molar-refractivity contribution in [3.8, 4) is 0 Å². The molecular weight excluding hydrogens is 283 g/mol. The number of carbonyl (C=O) groups is 2. The van der Waals surface area contributed by atoms with E-state index in [1.54, 1.807) is 13.8 Å². The quantitative estimate of drug-likeness (QED) is 0.687. The zero-order valence-corrected chi connectivity index (χ0v) is 11.8. The van der Waals surface area contributed by atoms with Crippen molar-refractivity contribution in [1.82, 2.24) is 4.90 Å². The predicted molar refractivity (Wildman–Crippen MR) is 69.2 cm³/mol. The Hall–Kier alpha value is -0.720. The predicted octanol–water partition coefficient (Wildman–Crippen LogP) is 1.09. The highest BCUT2D eigenvalue weighted by molar-refractivity contribution is 6.21. The first kappa shape index (κ1) is 17.3. The molecule has 0 saturated heterocycles. The number of ether oxygens (including phenoxy) is 1. The molecule has 0 rings (SSSR count). The van der Waals surface area contributed by atoms with E-state index in [0.29, 0.717) is 0 Å². The largest absolute Gasteiger partial charge is 0.480 e. The number of nitrogens with two attached hydrogens (primary N) is 1. The Morgan fingerprint density at radius 2 is 1.72 bits per heavy atom. The molecule has 0 aromatic carbocycles. The summed E-state index contributed by atoms with van der Waals surface area (Å²) in [6, 6.07) is -1.24. The van der Waals surface area contributed by atoms with E-state index < -0.39 is 24.7 Å². The van der Waals surface area contributed by atoms with Crippen molar-refractivity contribution in [1.29, 1.82) is 0 Å². The van der Waals surface area contributed by atoms with E-state index >= 15 is 0 Å². The van der Waals surface area contributed by atoms with Gasteiger partial charge in [-0.2, -0.15) is 0 Å². The van der Waals surface area contributed by atoms with Gasteiger partial charge in [-0.1, -0.05) is 0 Å². The zero-order valence-electron chi connectivity index (χ0n) is 10.3. The van der Waals surface area contributed by atoms with Gasteiger partial charge >= 0.3 is 12.1 Å².